The molecule has 1 heterocycles. The molecular formula is C22H24ClN3O6S. The first-order chi connectivity index (χ1) is 15.8. The van der Waals surface area contributed by atoms with E-state index < -0.39 is 24.4 Å². The number of ether oxygens (including phenoxy) is 1. The molecule has 0 aliphatic heterocycles. The number of amides is 3. The second kappa shape index (κ2) is 13.3. The molecular weight excluding hydrogens is 470 g/mol. The number of rotatable bonds is 12. The first-order valence-electron chi connectivity index (χ1n) is 10.1. The number of carbonyl (C=O) groups excluding carboxylic acids is 5. The van der Waals surface area contributed by atoms with Gasteiger partial charge in [0.05, 0.1) is 17.8 Å². The molecule has 0 radical (unpaired) electrons. The molecule has 3 N–H and O–H groups in total. The van der Waals surface area contributed by atoms with Crippen molar-refractivity contribution < 1.29 is 28.7 Å². The number of esters is 1. The number of thiophene rings is 1. The third-order valence-electron chi connectivity index (χ3n) is 4.38. The molecule has 1 aromatic heterocycles. The second-order valence-electron chi connectivity index (χ2n) is 6.90. The molecule has 2 rings (SSSR count). The van der Waals surface area contributed by atoms with Crippen molar-refractivity contribution in [1.82, 2.24) is 10.6 Å². The number of carbonyl (C=O) groups is 5. The Kier molecular flexibility index (Phi) is 10.5. The Hall–Kier alpha value is -3.24. The highest BCUT2D eigenvalue weighted by atomic mass is 35.5. The van der Waals surface area contributed by atoms with E-state index in [1.54, 1.807) is 42.6 Å². The van der Waals surface area contributed by atoms with Crippen LogP contribution in [0, 0.1) is 6.92 Å². The number of halogens is 1. The average molecular weight is 494 g/mol. The molecule has 0 bridgehead atoms. The SMILES string of the molecule is Cc1c(Cl)cccc1NC(=O)CNC(=O)COC(=O)CCNC(=O)CCC(=O)c1cccs1. The zero-order valence-electron chi connectivity index (χ0n) is 17.9. The van der Waals surface area contributed by atoms with Crippen molar-refractivity contribution in [3.8, 4) is 0 Å². The minimum atomic E-state index is -0.681. The first-order valence-corrected chi connectivity index (χ1v) is 11.3. The van der Waals surface area contributed by atoms with Gasteiger partial charge in [-0.25, -0.2) is 0 Å². The number of hydrogen-bond donors (Lipinski definition) is 3. The molecule has 0 spiro atoms. The molecule has 0 aliphatic rings. The summed E-state index contributed by atoms with van der Waals surface area (Å²) in [5.74, 6) is -2.25. The summed E-state index contributed by atoms with van der Waals surface area (Å²) >= 11 is 7.31. The Bertz CT molecular complexity index is 1010. The van der Waals surface area contributed by atoms with E-state index in [9.17, 15) is 24.0 Å². The number of Topliss-reactive ketones (excluding diaryl/α,β-unsaturated/α-hetero) is 1. The van der Waals surface area contributed by atoms with Gasteiger partial charge in [-0.2, -0.15) is 0 Å². The van der Waals surface area contributed by atoms with Crippen LogP contribution in [0.4, 0.5) is 5.69 Å². The molecule has 9 nitrogen and oxygen atoms in total. The van der Waals surface area contributed by atoms with Crippen molar-refractivity contribution in [1.29, 1.82) is 0 Å². The van der Waals surface area contributed by atoms with Gasteiger partial charge in [-0.05, 0) is 36.1 Å². The third kappa shape index (κ3) is 9.42. The van der Waals surface area contributed by atoms with Gasteiger partial charge in [-0.1, -0.05) is 23.7 Å². The zero-order valence-corrected chi connectivity index (χ0v) is 19.5. The molecule has 0 saturated heterocycles. The molecule has 3 amide bonds. The highest BCUT2D eigenvalue weighted by Crippen LogP contribution is 2.22. The second-order valence-corrected chi connectivity index (χ2v) is 8.25. The molecule has 0 unspecified atom stereocenters. The van der Waals surface area contributed by atoms with E-state index in [1.807, 2.05) is 0 Å². The topological polar surface area (TPSA) is 131 Å². The maximum atomic E-state index is 11.9. The fourth-order valence-corrected chi connectivity index (χ4v) is 3.43. The molecule has 0 saturated carbocycles. The highest BCUT2D eigenvalue weighted by molar-refractivity contribution is 7.12. The van der Waals surface area contributed by atoms with Gasteiger partial charge in [-0.15, -0.1) is 11.3 Å². The van der Waals surface area contributed by atoms with Crippen molar-refractivity contribution in [3.63, 3.8) is 0 Å². The van der Waals surface area contributed by atoms with Crippen LogP contribution in [-0.2, 0) is 23.9 Å². The Morgan fingerprint density at radius 3 is 2.45 bits per heavy atom. The summed E-state index contributed by atoms with van der Waals surface area (Å²) in [6, 6.07) is 8.53. The first kappa shape index (κ1) is 26.0. The van der Waals surface area contributed by atoms with Crippen LogP contribution < -0.4 is 16.0 Å². The molecule has 1 aromatic carbocycles. The lowest BCUT2D eigenvalue weighted by atomic mass is 10.2. The van der Waals surface area contributed by atoms with Crippen LogP contribution in [-0.4, -0.2) is 49.2 Å². The lowest BCUT2D eigenvalue weighted by molar-refractivity contribution is -0.148. The smallest absolute Gasteiger partial charge is 0.308 e. The van der Waals surface area contributed by atoms with E-state index in [2.05, 4.69) is 16.0 Å². The van der Waals surface area contributed by atoms with Gasteiger partial charge in [0.15, 0.2) is 12.4 Å². The maximum absolute atomic E-state index is 11.9. The number of benzene rings is 1. The van der Waals surface area contributed by atoms with Gasteiger partial charge in [0.25, 0.3) is 5.91 Å². The van der Waals surface area contributed by atoms with Gasteiger partial charge in [0, 0.05) is 30.1 Å². The molecule has 11 heteroatoms. The summed E-state index contributed by atoms with van der Waals surface area (Å²) in [7, 11) is 0. The number of ketones is 1. The van der Waals surface area contributed by atoms with Gasteiger partial charge < -0.3 is 20.7 Å². The Balaban J connectivity index is 1.56. The number of nitrogens with one attached hydrogen (secondary N) is 3. The molecule has 176 valence electrons. The Morgan fingerprint density at radius 1 is 0.939 bits per heavy atom. The third-order valence-corrected chi connectivity index (χ3v) is 5.70. The van der Waals surface area contributed by atoms with Crippen molar-refractivity contribution >= 4 is 58.1 Å². The van der Waals surface area contributed by atoms with E-state index in [4.69, 9.17) is 16.3 Å². The summed E-state index contributed by atoms with van der Waals surface area (Å²) in [6.45, 7) is 0.922. The monoisotopic (exact) mass is 493 g/mol. The number of anilines is 1. The zero-order chi connectivity index (χ0) is 24.2. The van der Waals surface area contributed by atoms with Crippen molar-refractivity contribution in [2.75, 3.05) is 25.0 Å². The predicted molar refractivity (Wildman–Crippen MR) is 124 cm³/mol. The average Bonchev–Trinajstić information content (AvgIpc) is 3.33. The summed E-state index contributed by atoms with van der Waals surface area (Å²) in [5, 5.41) is 9.79. The van der Waals surface area contributed by atoms with Crippen LogP contribution >= 0.6 is 22.9 Å². The minimum absolute atomic E-state index is 0.0188. The van der Waals surface area contributed by atoms with Gasteiger partial charge >= 0.3 is 5.97 Å². The van der Waals surface area contributed by atoms with E-state index in [-0.39, 0.29) is 44.0 Å². The fourth-order valence-electron chi connectivity index (χ4n) is 2.57. The highest BCUT2D eigenvalue weighted by Gasteiger charge is 2.13. The van der Waals surface area contributed by atoms with Crippen LogP contribution in [0.5, 0.6) is 0 Å². The summed E-state index contributed by atoms with van der Waals surface area (Å²) in [6.07, 6.45) is -0.0290. The van der Waals surface area contributed by atoms with E-state index in [1.165, 1.54) is 11.3 Å². The quantitative estimate of drug-likeness (QED) is 0.307. The largest absolute Gasteiger partial charge is 0.456 e. The van der Waals surface area contributed by atoms with Crippen LogP contribution in [0.3, 0.4) is 0 Å². The fraction of sp³-hybridized carbons (Fsp3) is 0.318. The molecule has 0 fully saturated rings. The van der Waals surface area contributed by atoms with E-state index in [0.29, 0.717) is 21.2 Å². The summed E-state index contributed by atoms with van der Waals surface area (Å²) in [4.78, 5) is 59.6. The van der Waals surface area contributed by atoms with Gasteiger partial charge in [0.2, 0.25) is 11.8 Å². The lowest BCUT2D eigenvalue weighted by Crippen LogP contribution is -2.36. The summed E-state index contributed by atoms with van der Waals surface area (Å²) in [5.41, 5.74) is 1.24. The molecule has 0 atom stereocenters. The lowest BCUT2D eigenvalue weighted by Gasteiger charge is -2.10. The van der Waals surface area contributed by atoms with E-state index >= 15 is 0 Å². The van der Waals surface area contributed by atoms with E-state index in [0.717, 1.165) is 0 Å². The minimum Gasteiger partial charge on any atom is -0.456 e. The van der Waals surface area contributed by atoms with Crippen LogP contribution in [0.1, 0.15) is 34.5 Å². The molecule has 33 heavy (non-hydrogen) atoms. The van der Waals surface area contributed by atoms with Crippen LogP contribution in [0.25, 0.3) is 0 Å². The number of hydrogen-bond acceptors (Lipinski definition) is 7. The molecule has 2 aromatic rings. The van der Waals surface area contributed by atoms with Gasteiger partial charge in [0.1, 0.15) is 0 Å². The maximum Gasteiger partial charge on any atom is 0.308 e. The van der Waals surface area contributed by atoms with Crippen molar-refractivity contribution in [2.24, 2.45) is 0 Å². The Morgan fingerprint density at radius 2 is 1.73 bits per heavy atom. The van der Waals surface area contributed by atoms with Crippen LogP contribution in [0.2, 0.25) is 5.02 Å². The van der Waals surface area contributed by atoms with Gasteiger partial charge in [-0.3, -0.25) is 24.0 Å². The molecule has 0 aliphatic carbocycles. The Labute approximate surface area is 199 Å². The van der Waals surface area contributed by atoms with Crippen molar-refractivity contribution in [2.45, 2.75) is 26.2 Å². The summed E-state index contributed by atoms with van der Waals surface area (Å²) < 4.78 is 4.81. The predicted octanol–water partition coefficient (Wildman–Crippen LogP) is 2.48. The van der Waals surface area contributed by atoms with Crippen LogP contribution in [0.15, 0.2) is 35.7 Å². The van der Waals surface area contributed by atoms with Crippen molar-refractivity contribution in [3.05, 3.63) is 51.2 Å². The standard InChI is InChI=1S/C22H24ClN3O6S/c1-14-15(23)4-2-5-16(14)26-20(29)12-25-21(30)13-32-22(31)9-10-24-19(28)8-7-17(27)18-6-3-11-33-18/h2-6,11H,7-10,12-13H2,1H3,(H,24,28)(H,25,30)(H,26,29). The normalized spacial score (nSPS) is 10.2.